The lowest BCUT2D eigenvalue weighted by molar-refractivity contribution is -0.150. The van der Waals surface area contributed by atoms with Crippen LogP contribution in [0, 0.1) is 11.8 Å². The quantitative estimate of drug-likeness (QED) is 0.437. The van der Waals surface area contributed by atoms with Crippen molar-refractivity contribution in [2.75, 3.05) is 13.2 Å². The molecule has 0 aliphatic carbocycles. The van der Waals surface area contributed by atoms with E-state index in [1.807, 2.05) is 0 Å². The van der Waals surface area contributed by atoms with E-state index in [1.54, 1.807) is 0 Å². The van der Waals surface area contributed by atoms with Gasteiger partial charge in [0.1, 0.15) is 0 Å². The van der Waals surface area contributed by atoms with Crippen molar-refractivity contribution in [3.05, 3.63) is 0 Å². The lowest BCUT2D eigenvalue weighted by atomic mass is 9.96. The maximum Gasteiger partial charge on any atom is 0.309 e. The van der Waals surface area contributed by atoms with Gasteiger partial charge in [-0.25, -0.2) is 0 Å². The van der Waals surface area contributed by atoms with Crippen molar-refractivity contribution >= 4 is 5.97 Å². The molecule has 1 unspecified atom stereocenters. The molecule has 0 amide bonds. The third-order valence-corrected chi connectivity index (χ3v) is 1.82. The molecule has 0 aromatic rings. The van der Waals surface area contributed by atoms with Crippen molar-refractivity contribution in [2.24, 2.45) is 11.8 Å². The fourth-order valence-electron chi connectivity index (χ4n) is 1.12. The zero-order chi connectivity index (χ0) is 8.43. The normalized spacial score (nSPS) is 31.2. The van der Waals surface area contributed by atoms with Crippen LogP contribution in [-0.2, 0) is 9.53 Å². The molecule has 0 aromatic heterocycles. The molecule has 3 N–H and O–H groups in total. The molecule has 1 rings (SSSR count). The van der Waals surface area contributed by atoms with Crippen LogP contribution in [-0.4, -0.2) is 40.8 Å². The Morgan fingerprint density at radius 3 is 2.45 bits per heavy atom. The van der Waals surface area contributed by atoms with Gasteiger partial charge in [0.15, 0.2) is 6.29 Å². The fourth-order valence-corrected chi connectivity index (χ4v) is 1.12. The van der Waals surface area contributed by atoms with Crippen molar-refractivity contribution in [1.82, 2.24) is 0 Å². The molecule has 2 atom stereocenters. The summed E-state index contributed by atoms with van der Waals surface area (Å²) in [5.41, 5.74) is 0. The van der Waals surface area contributed by atoms with Crippen LogP contribution in [0.25, 0.3) is 0 Å². The summed E-state index contributed by atoms with van der Waals surface area (Å²) in [6, 6.07) is 0. The number of carboxylic acid groups (broad SMARTS) is 1. The number of hydrogen-bond acceptors (Lipinski definition) is 4. The number of ether oxygens (including phenoxy) is 1. The molecule has 0 bridgehead atoms. The Hall–Kier alpha value is -0.650. The van der Waals surface area contributed by atoms with E-state index in [4.69, 9.17) is 20.1 Å². The number of aliphatic hydroxyl groups is 2. The van der Waals surface area contributed by atoms with Crippen molar-refractivity contribution in [1.29, 1.82) is 0 Å². The van der Waals surface area contributed by atoms with E-state index in [2.05, 4.69) is 0 Å². The molecular weight excluding hydrogens is 152 g/mol. The van der Waals surface area contributed by atoms with Crippen LogP contribution in [0.2, 0.25) is 0 Å². The Kier molecular flexibility index (Phi) is 2.43. The Morgan fingerprint density at radius 2 is 2.09 bits per heavy atom. The monoisotopic (exact) mass is 162 g/mol. The van der Waals surface area contributed by atoms with Gasteiger partial charge in [-0.05, 0) is 0 Å². The average molecular weight is 162 g/mol. The fraction of sp³-hybridized carbons (Fsp3) is 0.833. The summed E-state index contributed by atoms with van der Waals surface area (Å²) < 4.78 is 4.79. The molecule has 0 aromatic carbocycles. The zero-order valence-corrected chi connectivity index (χ0v) is 5.80. The van der Waals surface area contributed by atoms with Gasteiger partial charge in [0.25, 0.3) is 0 Å². The minimum absolute atomic E-state index is 0.0671. The third-order valence-electron chi connectivity index (χ3n) is 1.82. The van der Waals surface area contributed by atoms with E-state index in [1.165, 1.54) is 0 Å². The van der Waals surface area contributed by atoms with Gasteiger partial charge in [-0.15, -0.1) is 0 Å². The number of carboxylic acids is 1. The second-order valence-corrected chi connectivity index (χ2v) is 2.56. The number of rotatable bonds is 2. The third kappa shape index (κ3) is 1.68. The largest absolute Gasteiger partial charge is 0.481 e. The van der Waals surface area contributed by atoms with Crippen molar-refractivity contribution in [3.8, 4) is 0 Å². The molecule has 0 spiro atoms. The van der Waals surface area contributed by atoms with Gasteiger partial charge in [0.2, 0.25) is 0 Å². The van der Waals surface area contributed by atoms with Crippen LogP contribution in [0.15, 0.2) is 0 Å². The van der Waals surface area contributed by atoms with Crippen LogP contribution in [0.1, 0.15) is 0 Å². The molecular formula is C6H10O5. The molecule has 5 heteroatoms. The van der Waals surface area contributed by atoms with Crippen LogP contribution in [0.5, 0.6) is 0 Å². The first-order valence-corrected chi connectivity index (χ1v) is 3.29. The second-order valence-electron chi connectivity index (χ2n) is 2.56. The highest BCUT2D eigenvalue weighted by Crippen LogP contribution is 2.22. The Morgan fingerprint density at radius 1 is 1.45 bits per heavy atom. The summed E-state index contributed by atoms with van der Waals surface area (Å²) in [5, 5.41) is 25.9. The minimum Gasteiger partial charge on any atom is -0.481 e. The smallest absolute Gasteiger partial charge is 0.309 e. The molecule has 1 aliphatic rings. The molecule has 1 fully saturated rings. The van der Waals surface area contributed by atoms with Gasteiger partial charge in [0.05, 0.1) is 19.1 Å². The Labute approximate surface area is 63.2 Å². The molecule has 5 nitrogen and oxygen atoms in total. The first-order valence-electron chi connectivity index (χ1n) is 3.29. The topological polar surface area (TPSA) is 87.0 Å². The average Bonchev–Trinajstić information content (AvgIpc) is 2.32. The lowest BCUT2D eigenvalue weighted by Crippen LogP contribution is -2.31. The standard InChI is InChI=1S/C6H10O5/c7-5(8)3-1-11-2-4(3)6(9)10/h3-5,7-8H,1-2H2,(H,9,10)/t3?,4-/m1/s1. The van der Waals surface area contributed by atoms with Gasteiger partial charge >= 0.3 is 5.97 Å². The highest BCUT2D eigenvalue weighted by Gasteiger charge is 2.37. The molecule has 1 heterocycles. The van der Waals surface area contributed by atoms with Gasteiger partial charge in [-0.1, -0.05) is 0 Å². The molecule has 1 saturated heterocycles. The summed E-state index contributed by atoms with van der Waals surface area (Å²) >= 11 is 0. The van der Waals surface area contributed by atoms with E-state index in [-0.39, 0.29) is 13.2 Å². The predicted molar refractivity (Wildman–Crippen MR) is 33.7 cm³/mol. The number of aliphatic hydroxyl groups excluding tert-OH is 1. The van der Waals surface area contributed by atoms with Gasteiger partial charge in [0, 0.05) is 5.92 Å². The maximum atomic E-state index is 10.4. The molecule has 11 heavy (non-hydrogen) atoms. The van der Waals surface area contributed by atoms with E-state index >= 15 is 0 Å². The first-order chi connectivity index (χ1) is 5.13. The highest BCUT2D eigenvalue weighted by molar-refractivity contribution is 5.70. The first kappa shape index (κ1) is 8.45. The van der Waals surface area contributed by atoms with E-state index in [9.17, 15) is 4.79 Å². The molecule has 0 saturated carbocycles. The van der Waals surface area contributed by atoms with E-state index < -0.39 is 24.1 Å². The van der Waals surface area contributed by atoms with Crippen molar-refractivity contribution in [3.63, 3.8) is 0 Å². The van der Waals surface area contributed by atoms with Crippen molar-refractivity contribution in [2.45, 2.75) is 6.29 Å². The van der Waals surface area contributed by atoms with Crippen LogP contribution >= 0.6 is 0 Å². The summed E-state index contributed by atoms with van der Waals surface area (Å²) in [6.07, 6.45) is -1.60. The summed E-state index contributed by atoms with van der Waals surface area (Å²) in [7, 11) is 0. The van der Waals surface area contributed by atoms with Gasteiger partial charge in [-0.3, -0.25) is 4.79 Å². The molecule has 0 radical (unpaired) electrons. The highest BCUT2D eigenvalue weighted by atomic mass is 16.5. The summed E-state index contributed by atoms with van der Waals surface area (Å²) in [5.74, 6) is -2.51. The molecule has 64 valence electrons. The van der Waals surface area contributed by atoms with Crippen LogP contribution in [0.4, 0.5) is 0 Å². The van der Waals surface area contributed by atoms with Gasteiger partial charge < -0.3 is 20.1 Å². The minimum atomic E-state index is -1.60. The number of aliphatic carboxylic acids is 1. The Balaban J connectivity index is 2.58. The second kappa shape index (κ2) is 3.17. The van der Waals surface area contributed by atoms with E-state index in [0.29, 0.717) is 0 Å². The van der Waals surface area contributed by atoms with Crippen LogP contribution < -0.4 is 0 Å². The summed E-state index contributed by atoms with van der Waals surface area (Å²) in [4.78, 5) is 10.4. The SMILES string of the molecule is O=C(O)[C@@H]1COCC1C(O)O. The maximum absolute atomic E-state index is 10.4. The van der Waals surface area contributed by atoms with Gasteiger partial charge in [-0.2, -0.15) is 0 Å². The summed E-state index contributed by atoms with van der Waals surface area (Å²) in [6.45, 7) is 0.173. The zero-order valence-electron chi connectivity index (χ0n) is 5.80. The van der Waals surface area contributed by atoms with Crippen LogP contribution in [0.3, 0.4) is 0 Å². The number of hydrogen-bond donors (Lipinski definition) is 3. The molecule has 1 aliphatic heterocycles. The number of carbonyl (C=O) groups is 1. The Bertz CT molecular complexity index is 155. The predicted octanol–water partition coefficient (Wildman–Crippen LogP) is -1.36. The lowest BCUT2D eigenvalue weighted by Gasteiger charge is -2.14. The van der Waals surface area contributed by atoms with E-state index in [0.717, 1.165) is 0 Å². The van der Waals surface area contributed by atoms with Crippen molar-refractivity contribution < 1.29 is 24.9 Å².